The topological polar surface area (TPSA) is 52.0 Å². The summed E-state index contributed by atoms with van der Waals surface area (Å²) in [6.07, 6.45) is 1.62. The van der Waals surface area contributed by atoms with Gasteiger partial charge in [0.05, 0.1) is 5.69 Å². The van der Waals surface area contributed by atoms with Gasteiger partial charge in [0.1, 0.15) is 6.26 Å². The fraction of sp³-hybridized carbons (Fsp3) is 0.118. The highest BCUT2D eigenvalue weighted by atomic mass is 16.4. The molecule has 0 spiro atoms. The van der Waals surface area contributed by atoms with Gasteiger partial charge in [-0.05, 0) is 16.7 Å². The molecule has 20 heavy (non-hydrogen) atoms. The van der Waals surface area contributed by atoms with E-state index in [1.54, 1.807) is 6.26 Å². The molecule has 0 saturated carbocycles. The molecule has 0 radical (unpaired) electrons. The fourth-order valence-electron chi connectivity index (χ4n) is 2.27. The third-order valence-corrected chi connectivity index (χ3v) is 3.50. The minimum atomic E-state index is 0.167. The van der Waals surface area contributed by atoms with Crippen molar-refractivity contribution in [2.75, 3.05) is 5.73 Å². The molecule has 0 aliphatic carbocycles. The van der Waals surface area contributed by atoms with E-state index >= 15 is 0 Å². The minimum Gasteiger partial charge on any atom is -0.432 e. The summed E-state index contributed by atoms with van der Waals surface area (Å²) in [6.45, 7) is 2.09. The van der Waals surface area contributed by atoms with Crippen LogP contribution < -0.4 is 5.73 Å². The summed E-state index contributed by atoms with van der Waals surface area (Å²) in [5, 5.41) is 0. The first-order valence-electron chi connectivity index (χ1n) is 6.60. The number of anilines is 1. The molecule has 0 saturated heterocycles. The Morgan fingerprint density at radius 1 is 0.950 bits per heavy atom. The Morgan fingerprint density at radius 3 is 2.20 bits per heavy atom. The van der Waals surface area contributed by atoms with Crippen LogP contribution in [0.2, 0.25) is 0 Å². The molecule has 3 rings (SSSR count). The maximum absolute atomic E-state index is 5.52. The standard InChI is InChI=1S/C17H16N2O/c1-12(16-11-20-17(18)19-16)13-7-9-15(10-8-13)14-5-3-2-4-6-14/h2-12H,1H3,(H2,18,19). The first kappa shape index (κ1) is 12.5. The molecule has 3 nitrogen and oxygen atoms in total. The zero-order chi connectivity index (χ0) is 13.9. The number of hydrogen-bond donors (Lipinski definition) is 1. The van der Waals surface area contributed by atoms with Crippen LogP contribution in [0.1, 0.15) is 24.1 Å². The van der Waals surface area contributed by atoms with E-state index in [4.69, 9.17) is 10.2 Å². The number of oxazole rings is 1. The van der Waals surface area contributed by atoms with E-state index in [1.165, 1.54) is 16.7 Å². The fourth-order valence-corrected chi connectivity index (χ4v) is 2.27. The second-order valence-electron chi connectivity index (χ2n) is 4.82. The van der Waals surface area contributed by atoms with Crippen molar-refractivity contribution in [2.45, 2.75) is 12.8 Å². The third-order valence-electron chi connectivity index (χ3n) is 3.50. The van der Waals surface area contributed by atoms with E-state index in [9.17, 15) is 0 Å². The average Bonchev–Trinajstić information content (AvgIpc) is 2.94. The highest BCUT2D eigenvalue weighted by Gasteiger charge is 2.12. The van der Waals surface area contributed by atoms with Crippen LogP contribution >= 0.6 is 0 Å². The van der Waals surface area contributed by atoms with Gasteiger partial charge < -0.3 is 10.2 Å². The number of aromatic nitrogens is 1. The van der Waals surface area contributed by atoms with Gasteiger partial charge in [0, 0.05) is 5.92 Å². The first-order valence-corrected chi connectivity index (χ1v) is 6.60. The van der Waals surface area contributed by atoms with E-state index in [-0.39, 0.29) is 11.9 Å². The summed E-state index contributed by atoms with van der Waals surface area (Å²) >= 11 is 0. The smallest absolute Gasteiger partial charge is 0.292 e. The van der Waals surface area contributed by atoms with Crippen LogP contribution in [0.15, 0.2) is 65.3 Å². The molecule has 0 amide bonds. The van der Waals surface area contributed by atoms with E-state index in [0.717, 1.165) is 5.69 Å². The molecule has 2 aromatic carbocycles. The van der Waals surface area contributed by atoms with Crippen LogP contribution in [0.25, 0.3) is 11.1 Å². The van der Waals surface area contributed by atoms with Gasteiger partial charge in [0.15, 0.2) is 0 Å². The van der Waals surface area contributed by atoms with Crippen LogP contribution in [-0.2, 0) is 0 Å². The molecule has 100 valence electrons. The van der Waals surface area contributed by atoms with E-state index < -0.39 is 0 Å². The number of nitrogen functional groups attached to an aromatic ring is 1. The third kappa shape index (κ3) is 2.43. The van der Waals surface area contributed by atoms with Gasteiger partial charge in [0.2, 0.25) is 0 Å². The van der Waals surface area contributed by atoms with Crippen molar-refractivity contribution in [3.05, 3.63) is 72.1 Å². The molecule has 0 aliphatic rings. The zero-order valence-electron chi connectivity index (χ0n) is 11.3. The van der Waals surface area contributed by atoms with Crippen molar-refractivity contribution in [1.29, 1.82) is 0 Å². The number of nitrogens with two attached hydrogens (primary N) is 1. The van der Waals surface area contributed by atoms with Crippen molar-refractivity contribution >= 4 is 6.01 Å². The number of nitrogens with zero attached hydrogens (tertiary/aromatic N) is 1. The monoisotopic (exact) mass is 264 g/mol. The van der Waals surface area contributed by atoms with Gasteiger partial charge in [-0.1, -0.05) is 61.5 Å². The van der Waals surface area contributed by atoms with Crippen molar-refractivity contribution < 1.29 is 4.42 Å². The number of hydrogen-bond acceptors (Lipinski definition) is 3. The van der Waals surface area contributed by atoms with Gasteiger partial charge in [-0.15, -0.1) is 0 Å². The lowest BCUT2D eigenvalue weighted by Gasteiger charge is -2.09. The first-order chi connectivity index (χ1) is 9.74. The van der Waals surface area contributed by atoms with Gasteiger partial charge in [-0.25, -0.2) is 0 Å². The van der Waals surface area contributed by atoms with E-state index in [2.05, 4.69) is 48.3 Å². The van der Waals surface area contributed by atoms with Crippen LogP contribution in [0.4, 0.5) is 6.01 Å². The number of benzene rings is 2. The second kappa shape index (κ2) is 5.21. The highest BCUT2D eigenvalue weighted by molar-refractivity contribution is 5.63. The van der Waals surface area contributed by atoms with Crippen LogP contribution in [0.3, 0.4) is 0 Å². The van der Waals surface area contributed by atoms with Crippen molar-refractivity contribution in [1.82, 2.24) is 4.98 Å². The lowest BCUT2D eigenvalue weighted by molar-refractivity contribution is 0.577. The Balaban J connectivity index is 1.86. The summed E-state index contributed by atoms with van der Waals surface area (Å²) in [4.78, 5) is 4.18. The lowest BCUT2D eigenvalue weighted by atomic mass is 9.96. The highest BCUT2D eigenvalue weighted by Crippen LogP contribution is 2.26. The van der Waals surface area contributed by atoms with Gasteiger partial charge in [-0.2, -0.15) is 4.98 Å². The summed E-state index contributed by atoms with van der Waals surface area (Å²) in [7, 11) is 0. The predicted octanol–water partition coefficient (Wildman–Crippen LogP) is 4.08. The van der Waals surface area contributed by atoms with E-state index in [1.807, 2.05) is 18.2 Å². The summed E-state index contributed by atoms with van der Waals surface area (Å²) < 4.78 is 5.07. The Morgan fingerprint density at radius 2 is 1.60 bits per heavy atom. The second-order valence-corrected chi connectivity index (χ2v) is 4.82. The zero-order valence-corrected chi connectivity index (χ0v) is 11.3. The van der Waals surface area contributed by atoms with Crippen molar-refractivity contribution in [2.24, 2.45) is 0 Å². The molecule has 0 fully saturated rings. The molecule has 3 aromatic rings. The van der Waals surface area contributed by atoms with E-state index in [0.29, 0.717) is 0 Å². The molecular formula is C17H16N2O. The molecule has 1 heterocycles. The molecular weight excluding hydrogens is 248 g/mol. The summed E-state index contributed by atoms with van der Waals surface area (Å²) in [5.74, 6) is 0.167. The van der Waals surface area contributed by atoms with Gasteiger partial charge in [-0.3, -0.25) is 0 Å². The Kier molecular flexibility index (Phi) is 3.25. The normalized spacial score (nSPS) is 12.2. The maximum atomic E-state index is 5.52. The van der Waals surface area contributed by atoms with Crippen molar-refractivity contribution in [3.8, 4) is 11.1 Å². The Bertz CT molecular complexity index is 687. The molecule has 0 bridgehead atoms. The molecule has 1 unspecified atom stereocenters. The summed E-state index contributed by atoms with van der Waals surface area (Å²) in [5.41, 5.74) is 10.00. The summed E-state index contributed by atoms with van der Waals surface area (Å²) in [6, 6.07) is 19.1. The molecule has 1 aromatic heterocycles. The Labute approximate surface area is 118 Å². The average molecular weight is 264 g/mol. The van der Waals surface area contributed by atoms with Crippen LogP contribution in [0.5, 0.6) is 0 Å². The lowest BCUT2D eigenvalue weighted by Crippen LogP contribution is -1.97. The van der Waals surface area contributed by atoms with Gasteiger partial charge in [0.25, 0.3) is 6.01 Å². The van der Waals surface area contributed by atoms with Crippen molar-refractivity contribution in [3.63, 3.8) is 0 Å². The largest absolute Gasteiger partial charge is 0.432 e. The van der Waals surface area contributed by atoms with Crippen LogP contribution in [-0.4, -0.2) is 4.98 Å². The molecule has 1 atom stereocenters. The van der Waals surface area contributed by atoms with Crippen LogP contribution in [0, 0.1) is 0 Å². The SMILES string of the molecule is CC(c1ccc(-c2ccccc2)cc1)c1coc(N)n1. The molecule has 0 aliphatic heterocycles. The quantitative estimate of drug-likeness (QED) is 0.775. The Hall–Kier alpha value is -2.55. The molecule has 2 N–H and O–H groups in total. The minimum absolute atomic E-state index is 0.167. The maximum Gasteiger partial charge on any atom is 0.292 e. The molecule has 3 heteroatoms. The van der Waals surface area contributed by atoms with Gasteiger partial charge >= 0.3 is 0 Å². The predicted molar refractivity (Wildman–Crippen MR) is 80.3 cm³/mol. The number of rotatable bonds is 3.